The zero-order valence-corrected chi connectivity index (χ0v) is 11.6. The lowest BCUT2D eigenvalue weighted by atomic mass is 9.82. The highest BCUT2D eigenvalue weighted by Gasteiger charge is 2.25. The van der Waals surface area contributed by atoms with Crippen LogP contribution in [0, 0.1) is 17.6 Å². The molecule has 1 aliphatic rings. The third kappa shape index (κ3) is 4.00. The van der Waals surface area contributed by atoms with Crippen molar-refractivity contribution in [2.24, 2.45) is 5.92 Å². The second-order valence-electron chi connectivity index (χ2n) is 5.52. The summed E-state index contributed by atoms with van der Waals surface area (Å²) in [6.07, 6.45) is 5.81. The second-order valence-corrected chi connectivity index (χ2v) is 5.52. The van der Waals surface area contributed by atoms with Crippen molar-refractivity contribution in [2.45, 2.75) is 44.9 Å². The van der Waals surface area contributed by atoms with Crippen LogP contribution in [0.2, 0.25) is 0 Å². The van der Waals surface area contributed by atoms with Crippen molar-refractivity contribution in [2.75, 3.05) is 13.1 Å². The Bertz CT molecular complexity index is 385. The zero-order valence-electron chi connectivity index (χ0n) is 11.6. The van der Waals surface area contributed by atoms with Crippen LogP contribution in [0.1, 0.15) is 50.5 Å². The Morgan fingerprint density at radius 2 is 1.74 bits per heavy atom. The van der Waals surface area contributed by atoms with Crippen molar-refractivity contribution in [1.29, 1.82) is 0 Å². The van der Waals surface area contributed by atoms with E-state index in [4.69, 9.17) is 0 Å². The first-order valence-corrected chi connectivity index (χ1v) is 7.37. The van der Waals surface area contributed by atoms with E-state index >= 15 is 0 Å². The Morgan fingerprint density at radius 1 is 1.05 bits per heavy atom. The third-order valence-electron chi connectivity index (χ3n) is 4.13. The van der Waals surface area contributed by atoms with Crippen LogP contribution in [-0.4, -0.2) is 13.1 Å². The van der Waals surface area contributed by atoms with Crippen molar-refractivity contribution in [3.8, 4) is 0 Å². The standard InChI is InChI=1S/C16H23F2N/c1-2-19-11-12-6-4-3-5-7-16(12)13-8-14(17)10-15(18)9-13/h8-10,12,16,19H,2-7,11H2,1H3. The van der Waals surface area contributed by atoms with Crippen LogP contribution in [0.15, 0.2) is 18.2 Å². The molecule has 0 aliphatic heterocycles. The predicted octanol–water partition coefficient (Wildman–Crippen LogP) is 4.24. The van der Waals surface area contributed by atoms with Crippen LogP contribution in [0.4, 0.5) is 8.78 Å². The molecule has 0 saturated heterocycles. The summed E-state index contributed by atoms with van der Waals surface area (Å²) < 4.78 is 26.8. The Labute approximate surface area is 114 Å². The van der Waals surface area contributed by atoms with Gasteiger partial charge in [-0.2, -0.15) is 0 Å². The van der Waals surface area contributed by atoms with Gasteiger partial charge < -0.3 is 5.32 Å². The minimum absolute atomic E-state index is 0.284. The normalized spacial score (nSPS) is 24.2. The molecule has 0 spiro atoms. The molecule has 1 aromatic carbocycles. The van der Waals surface area contributed by atoms with E-state index in [2.05, 4.69) is 12.2 Å². The molecule has 19 heavy (non-hydrogen) atoms. The summed E-state index contributed by atoms with van der Waals surface area (Å²) in [7, 11) is 0. The highest BCUT2D eigenvalue weighted by atomic mass is 19.1. The van der Waals surface area contributed by atoms with Gasteiger partial charge in [0.25, 0.3) is 0 Å². The number of benzene rings is 1. The number of nitrogens with one attached hydrogen (secondary N) is 1. The lowest BCUT2D eigenvalue weighted by molar-refractivity contribution is 0.376. The average molecular weight is 267 g/mol. The van der Waals surface area contributed by atoms with Gasteiger partial charge in [-0.3, -0.25) is 0 Å². The summed E-state index contributed by atoms with van der Waals surface area (Å²) in [6.45, 7) is 3.98. The fraction of sp³-hybridized carbons (Fsp3) is 0.625. The summed E-state index contributed by atoms with van der Waals surface area (Å²) in [5.41, 5.74) is 0.835. The molecule has 1 saturated carbocycles. The van der Waals surface area contributed by atoms with Crippen LogP contribution in [0.25, 0.3) is 0 Å². The molecular weight excluding hydrogens is 244 g/mol. The fourth-order valence-corrected chi connectivity index (χ4v) is 3.19. The largest absolute Gasteiger partial charge is 0.317 e. The molecule has 2 atom stereocenters. The molecule has 3 heteroatoms. The van der Waals surface area contributed by atoms with Crippen LogP contribution in [0.5, 0.6) is 0 Å². The first-order chi connectivity index (χ1) is 9.20. The summed E-state index contributed by atoms with van der Waals surface area (Å²) >= 11 is 0. The van der Waals surface area contributed by atoms with E-state index in [1.807, 2.05) is 0 Å². The van der Waals surface area contributed by atoms with Gasteiger partial charge >= 0.3 is 0 Å². The smallest absolute Gasteiger partial charge is 0.126 e. The van der Waals surface area contributed by atoms with E-state index < -0.39 is 11.6 Å². The maximum atomic E-state index is 13.4. The molecule has 2 unspecified atom stereocenters. The quantitative estimate of drug-likeness (QED) is 0.805. The summed E-state index contributed by atoms with van der Waals surface area (Å²) in [4.78, 5) is 0. The van der Waals surface area contributed by atoms with Gasteiger partial charge in [0.05, 0.1) is 0 Å². The zero-order chi connectivity index (χ0) is 13.7. The van der Waals surface area contributed by atoms with E-state index in [9.17, 15) is 8.78 Å². The van der Waals surface area contributed by atoms with Crippen LogP contribution in [0.3, 0.4) is 0 Å². The van der Waals surface area contributed by atoms with E-state index in [0.29, 0.717) is 5.92 Å². The highest BCUT2D eigenvalue weighted by Crippen LogP contribution is 2.36. The van der Waals surface area contributed by atoms with Crippen molar-refractivity contribution < 1.29 is 8.78 Å². The SMILES string of the molecule is CCNCC1CCCCCC1c1cc(F)cc(F)c1. The monoisotopic (exact) mass is 267 g/mol. The minimum atomic E-state index is -0.457. The van der Waals surface area contributed by atoms with E-state index in [1.54, 1.807) is 0 Å². The van der Waals surface area contributed by atoms with Crippen molar-refractivity contribution >= 4 is 0 Å². The lowest BCUT2D eigenvalue weighted by Gasteiger charge is -2.26. The van der Waals surface area contributed by atoms with Crippen molar-refractivity contribution in [3.05, 3.63) is 35.4 Å². The van der Waals surface area contributed by atoms with Crippen LogP contribution in [-0.2, 0) is 0 Å². The maximum absolute atomic E-state index is 13.4. The molecule has 0 bridgehead atoms. The molecule has 1 fully saturated rings. The molecule has 0 amide bonds. The summed E-state index contributed by atoms with van der Waals surface area (Å²) in [5, 5.41) is 3.39. The molecule has 1 nitrogen and oxygen atoms in total. The van der Waals surface area contributed by atoms with Gasteiger partial charge in [-0.05, 0) is 55.5 Å². The lowest BCUT2D eigenvalue weighted by Crippen LogP contribution is -2.26. The predicted molar refractivity (Wildman–Crippen MR) is 74.2 cm³/mol. The molecule has 0 heterocycles. The van der Waals surface area contributed by atoms with Gasteiger partial charge in [0.1, 0.15) is 11.6 Å². The number of halogens is 2. The van der Waals surface area contributed by atoms with E-state index in [1.165, 1.54) is 25.0 Å². The molecular formula is C16H23F2N. The van der Waals surface area contributed by atoms with Crippen molar-refractivity contribution in [1.82, 2.24) is 5.32 Å². The van der Waals surface area contributed by atoms with Gasteiger partial charge in [0.15, 0.2) is 0 Å². The summed E-state index contributed by atoms with van der Waals surface area (Å²) in [6, 6.07) is 3.98. The molecule has 1 N–H and O–H groups in total. The van der Waals surface area contributed by atoms with Crippen LogP contribution < -0.4 is 5.32 Å². The number of rotatable bonds is 4. The molecule has 0 radical (unpaired) electrons. The third-order valence-corrected chi connectivity index (χ3v) is 4.13. The van der Waals surface area contributed by atoms with Crippen molar-refractivity contribution in [3.63, 3.8) is 0 Å². The topological polar surface area (TPSA) is 12.0 Å². The maximum Gasteiger partial charge on any atom is 0.126 e. The molecule has 106 valence electrons. The van der Waals surface area contributed by atoms with Gasteiger partial charge in [0.2, 0.25) is 0 Å². The van der Waals surface area contributed by atoms with Crippen LogP contribution >= 0.6 is 0 Å². The van der Waals surface area contributed by atoms with Gasteiger partial charge in [-0.1, -0.05) is 26.2 Å². The Hall–Kier alpha value is -0.960. The first-order valence-electron chi connectivity index (χ1n) is 7.37. The van der Waals surface area contributed by atoms with E-state index in [-0.39, 0.29) is 5.92 Å². The highest BCUT2D eigenvalue weighted by molar-refractivity contribution is 5.23. The average Bonchev–Trinajstić information content (AvgIpc) is 2.60. The molecule has 2 rings (SSSR count). The Morgan fingerprint density at radius 3 is 2.42 bits per heavy atom. The summed E-state index contributed by atoms with van der Waals surface area (Å²) in [5.74, 6) is -0.140. The minimum Gasteiger partial charge on any atom is -0.317 e. The molecule has 1 aromatic rings. The Kier molecular flexibility index (Phi) is 5.32. The number of hydrogen-bond acceptors (Lipinski definition) is 1. The van der Waals surface area contributed by atoms with E-state index in [0.717, 1.165) is 44.0 Å². The molecule has 0 aromatic heterocycles. The van der Waals surface area contributed by atoms with Gasteiger partial charge in [0, 0.05) is 6.07 Å². The van der Waals surface area contributed by atoms with Gasteiger partial charge in [-0.15, -0.1) is 0 Å². The second kappa shape index (κ2) is 6.99. The molecule has 1 aliphatic carbocycles. The van der Waals surface area contributed by atoms with Gasteiger partial charge in [-0.25, -0.2) is 8.78 Å². The number of hydrogen-bond donors (Lipinski definition) is 1. The Balaban J connectivity index is 2.20. The first kappa shape index (κ1) is 14.4. The fourth-order valence-electron chi connectivity index (χ4n) is 3.19.